The van der Waals surface area contributed by atoms with Crippen LogP contribution < -0.4 is 21.4 Å². The summed E-state index contributed by atoms with van der Waals surface area (Å²) in [5.74, 6) is -0.926. The normalized spacial score (nSPS) is 12.8. The average Bonchev–Trinajstić information content (AvgIpc) is 4.02. The fraction of sp³-hybridized carbons (Fsp3) is 0.277. The molecule has 2 aromatic carbocycles. The van der Waals surface area contributed by atoms with Gasteiger partial charge in [0, 0.05) is 60.9 Å². The number of aromatic nitrogens is 4. The summed E-state index contributed by atoms with van der Waals surface area (Å²) < 4.78 is 0. The van der Waals surface area contributed by atoms with Gasteiger partial charge in [0.25, 0.3) is 0 Å². The number of ketones is 1. The van der Waals surface area contributed by atoms with Crippen molar-refractivity contribution >= 4 is 34.0 Å². The van der Waals surface area contributed by atoms with E-state index in [1.54, 1.807) is 19.1 Å². The van der Waals surface area contributed by atoms with E-state index in [0.29, 0.717) is 5.56 Å². The number of carboxylic acids is 1. The Balaban J connectivity index is 1.52. The second-order valence-electron chi connectivity index (χ2n) is 14.5. The van der Waals surface area contributed by atoms with Gasteiger partial charge < -0.3 is 25.0 Å². The van der Waals surface area contributed by atoms with E-state index in [4.69, 9.17) is 0 Å². The van der Waals surface area contributed by atoms with E-state index in [0.717, 1.165) is 92.1 Å². The zero-order valence-electron chi connectivity index (χ0n) is 31.6. The molecule has 54 heavy (non-hydrogen) atoms. The first-order chi connectivity index (χ1) is 26.3. The molecular formula is C47H50N4O3. The molecule has 0 atom stereocenters. The lowest BCUT2D eigenvalue weighted by Crippen LogP contribution is -2.18. The topological polar surface area (TPSA) is 118 Å². The Morgan fingerprint density at radius 3 is 1.30 bits per heavy atom. The Hall–Kier alpha value is -5.82. The lowest BCUT2D eigenvalue weighted by molar-refractivity contribution is 0.0696. The molecule has 4 aromatic heterocycles. The van der Waals surface area contributed by atoms with Crippen LogP contribution in [0.15, 0.2) is 97.1 Å². The molecule has 0 amide bonds. The molecule has 0 unspecified atom stereocenters. The molecule has 7 heteroatoms. The van der Waals surface area contributed by atoms with E-state index >= 15 is 0 Å². The Morgan fingerprint density at radius 1 is 0.463 bits per heavy atom. The lowest BCUT2D eigenvalue weighted by atomic mass is 10.00. The predicted molar refractivity (Wildman–Crippen MR) is 217 cm³/mol. The van der Waals surface area contributed by atoms with Gasteiger partial charge in [0.15, 0.2) is 5.78 Å². The highest BCUT2D eigenvalue weighted by Crippen LogP contribution is 2.27. The van der Waals surface area contributed by atoms with Crippen molar-refractivity contribution in [2.45, 2.75) is 85.0 Å². The minimum atomic E-state index is -0.955. The maximum absolute atomic E-state index is 12.2. The van der Waals surface area contributed by atoms with Gasteiger partial charge in [-0.3, -0.25) is 4.79 Å². The summed E-state index contributed by atoms with van der Waals surface area (Å²) in [5.41, 5.74) is 11.3. The number of hydrogen-bond donors (Lipinski definition) is 5. The van der Waals surface area contributed by atoms with E-state index in [2.05, 4.69) is 82.3 Å². The minimum absolute atomic E-state index is 0.0290. The van der Waals surface area contributed by atoms with Crippen molar-refractivity contribution in [1.82, 2.24) is 19.9 Å². The van der Waals surface area contributed by atoms with Gasteiger partial charge in [-0.25, -0.2) is 4.79 Å². The van der Waals surface area contributed by atoms with Crippen LogP contribution in [0, 0.1) is 0 Å². The highest BCUT2D eigenvalue weighted by Gasteiger charge is 2.18. The number of aromatic carboxylic acids is 1. The van der Waals surface area contributed by atoms with E-state index in [9.17, 15) is 14.7 Å². The van der Waals surface area contributed by atoms with Crippen LogP contribution in [0.3, 0.4) is 0 Å². The number of Topliss-reactive ketones (excluding diaryl/α,β-unsaturated/α-hetero) is 1. The Morgan fingerprint density at radius 2 is 0.870 bits per heavy atom. The predicted octanol–water partition coefficient (Wildman–Crippen LogP) is 8.05. The van der Waals surface area contributed by atoms with Crippen LogP contribution in [0.1, 0.15) is 140 Å². The third-order valence-corrected chi connectivity index (χ3v) is 10.7. The molecule has 5 N–H and O–H groups in total. The standard InChI is InChI=1S/C47H50N4O3/c1-4-6-8-10-12-35-37-22-23-38(48-37)36(13-11-9-7-5-2)40-25-27-42(50-40)46(33-18-20-34(21-19-33)47(53)54)44-29-28-43(51-44)45(41-26-24-39(35)49-41)32-16-14-31(15-17-32)30(3)52/h14-29,48-51H,4-13H2,1-3H3,(H,53,54). The van der Waals surface area contributed by atoms with Crippen LogP contribution in [0.5, 0.6) is 0 Å². The molecular weight excluding hydrogens is 669 g/mol. The van der Waals surface area contributed by atoms with Crippen molar-refractivity contribution < 1.29 is 14.7 Å². The number of fused-ring (bicyclic) bond motifs is 8. The second-order valence-corrected chi connectivity index (χ2v) is 14.5. The summed E-state index contributed by atoms with van der Waals surface area (Å²) in [6.45, 7) is 6.08. The molecule has 0 fully saturated rings. The third kappa shape index (κ3) is 7.76. The van der Waals surface area contributed by atoms with Crippen LogP contribution in [0.25, 0.3) is 22.3 Å². The first kappa shape index (κ1) is 36.5. The smallest absolute Gasteiger partial charge is 0.335 e. The monoisotopic (exact) mass is 718 g/mol. The Kier molecular flexibility index (Phi) is 11.1. The van der Waals surface area contributed by atoms with Gasteiger partial charge in [0.2, 0.25) is 0 Å². The van der Waals surface area contributed by atoms with E-state index in [1.165, 1.54) is 49.7 Å². The van der Waals surface area contributed by atoms with E-state index < -0.39 is 5.97 Å². The molecule has 1 aliphatic rings. The molecule has 5 heterocycles. The number of nitrogens with one attached hydrogen (secondary N) is 4. The number of benzene rings is 2. The third-order valence-electron chi connectivity index (χ3n) is 10.7. The van der Waals surface area contributed by atoms with Crippen LogP contribution in [-0.2, 0) is 0 Å². The van der Waals surface area contributed by atoms with Crippen LogP contribution >= 0.6 is 0 Å². The first-order valence-electron chi connectivity index (χ1n) is 19.5. The molecule has 0 radical (unpaired) electrons. The SMILES string of the molecule is CCCCCCC1=c2ccc([nH]2)=C(CCCCCC)c2ccc([nH]2)C(c2ccc(C(=O)O)cc2)=c2ccc([nH]2)=C(c2ccc(C(C)=O)cc2)c2ccc1[nH]2. The van der Waals surface area contributed by atoms with Crippen LogP contribution in [0.4, 0.5) is 0 Å². The van der Waals surface area contributed by atoms with Crippen LogP contribution in [0.2, 0.25) is 0 Å². The second kappa shape index (κ2) is 16.5. The number of unbranched alkanes of at least 4 members (excludes halogenated alkanes) is 6. The Bertz CT molecular complexity index is 2350. The van der Waals surface area contributed by atoms with Crippen molar-refractivity contribution in [1.29, 1.82) is 0 Å². The summed E-state index contributed by atoms with van der Waals surface area (Å²) in [6.07, 6.45) is 11.3. The zero-order chi connectivity index (χ0) is 37.6. The summed E-state index contributed by atoms with van der Waals surface area (Å²) in [6, 6.07) is 32.2. The van der Waals surface area contributed by atoms with Crippen LogP contribution in [-0.4, -0.2) is 36.8 Å². The molecule has 276 valence electrons. The number of carbonyl (C=O) groups excluding carboxylic acids is 1. The molecule has 0 saturated heterocycles. The molecule has 0 spiro atoms. The van der Waals surface area contributed by atoms with Gasteiger partial charge in [0.1, 0.15) is 0 Å². The molecule has 1 aliphatic heterocycles. The minimum Gasteiger partial charge on any atom is -0.478 e. The zero-order valence-corrected chi connectivity index (χ0v) is 31.6. The number of carboxylic acid groups (broad SMARTS) is 1. The first-order valence-corrected chi connectivity index (χ1v) is 19.5. The van der Waals surface area contributed by atoms with Gasteiger partial charge in [-0.05, 0) is 116 Å². The van der Waals surface area contributed by atoms with Crippen molar-refractivity contribution in [3.63, 3.8) is 0 Å². The van der Waals surface area contributed by atoms with Crippen molar-refractivity contribution in [3.8, 4) is 0 Å². The number of H-pyrrole nitrogens is 4. The molecule has 7 rings (SSSR count). The lowest BCUT2D eigenvalue weighted by Gasteiger charge is -2.10. The molecule has 7 nitrogen and oxygen atoms in total. The van der Waals surface area contributed by atoms with E-state index in [-0.39, 0.29) is 11.3 Å². The summed E-state index contributed by atoms with van der Waals surface area (Å²) in [4.78, 5) is 39.3. The fourth-order valence-corrected chi connectivity index (χ4v) is 7.72. The molecule has 0 aliphatic carbocycles. The molecule has 6 aromatic rings. The number of hydrogen-bond acceptors (Lipinski definition) is 2. The number of aromatic amines is 4. The molecule has 8 bridgehead atoms. The highest BCUT2D eigenvalue weighted by molar-refractivity contribution is 5.94. The maximum atomic E-state index is 12.2. The average molecular weight is 719 g/mol. The number of rotatable bonds is 14. The summed E-state index contributed by atoms with van der Waals surface area (Å²) in [5, 5.41) is 13.7. The van der Waals surface area contributed by atoms with Crippen molar-refractivity contribution in [2.24, 2.45) is 0 Å². The highest BCUT2D eigenvalue weighted by atomic mass is 16.4. The van der Waals surface area contributed by atoms with Gasteiger partial charge in [-0.2, -0.15) is 0 Å². The largest absolute Gasteiger partial charge is 0.478 e. The maximum Gasteiger partial charge on any atom is 0.335 e. The summed E-state index contributed by atoms with van der Waals surface area (Å²) in [7, 11) is 0. The van der Waals surface area contributed by atoms with Crippen molar-refractivity contribution in [2.75, 3.05) is 0 Å². The number of carbonyl (C=O) groups is 2. The summed E-state index contributed by atoms with van der Waals surface area (Å²) >= 11 is 0. The van der Waals surface area contributed by atoms with Gasteiger partial charge in [0.05, 0.1) is 5.56 Å². The van der Waals surface area contributed by atoms with Gasteiger partial charge in [-0.1, -0.05) is 88.8 Å². The van der Waals surface area contributed by atoms with Gasteiger partial charge in [-0.15, -0.1) is 0 Å². The van der Waals surface area contributed by atoms with Gasteiger partial charge >= 0.3 is 5.97 Å². The quantitative estimate of drug-likeness (QED) is 0.0580. The Labute approximate surface area is 316 Å². The molecule has 0 saturated carbocycles. The van der Waals surface area contributed by atoms with E-state index in [1.807, 2.05) is 36.4 Å². The van der Waals surface area contributed by atoms with Crippen molar-refractivity contribution in [3.05, 3.63) is 163 Å². The fourth-order valence-electron chi connectivity index (χ4n) is 7.72.